The number of ketones is 1. The van der Waals surface area contributed by atoms with Crippen LogP contribution in [0.2, 0.25) is 0 Å². The minimum Gasteiger partial charge on any atom is -0.292 e. The Bertz CT molecular complexity index is 946. The molecule has 0 N–H and O–H groups in total. The molecule has 0 fully saturated rings. The lowest BCUT2D eigenvalue weighted by Gasteiger charge is -2.15. The third kappa shape index (κ3) is 5.02. The van der Waals surface area contributed by atoms with E-state index in [9.17, 15) is 41.3 Å². The van der Waals surface area contributed by atoms with Crippen LogP contribution in [0.25, 0.3) is 0 Å². The van der Waals surface area contributed by atoms with Crippen LogP contribution in [-0.2, 0) is 18.8 Å². The summed E-state index contributed by atoms with van der Waals surface area (Å²) in [5.74, 6) is -0.973. The summed E-state index contributed by atoms with van der Waals surface area (Å²) >= 11 is 0.675. The van der Waals surface area contributed by atoms with Crippen LogP contribution in [0.3, 0.4) is 0 Å². The normalized spacial score (nSPS) is 12.1. The first-order chi connectivity index (χ1) is 13.4. The van der Waals surface area contributed by atoms with E-state index >= 15 is 0 Å². The number of rotatable bonds is 6. The minimum absolute atomic E-state index is 0.150. The fraction of sp³-hybridized carbons (Fsp3) is 0.312. The van der Waals surface area contributed by atoms with E-state index in [2.05, 4.69) is 9.97 Å². The highest BCUT2D eigenvalue weighted by Crippen LogP contribution is 2.39. The van der Waals surface area contributed by atoms with E-state index in [1.807, 2.05) is 0 Å². The first-order valence-electron chi connectivity index (χ1n) is 7.79. The Kier molecular flexibility index (Phi) is 6.50. The Hall–Kier alpha value is -2.70. The van der Waals surface area contributed by atoms with Gasteiger partial charge in [-0.3, -0.25) is 24.9 Å². The van der Waals surface area contributed by atoms with Crippen LogP contribution in [0.5, 0.6) is 0 Å². The van der Waals surface area contributed by atoms with E-state index < -0.39 is 62.6 Å². The monoisotopic (exact) mass is 439 g/mol. The summed E-state index contributed by atoms with van der Waals surface area (Å²) in [6.45, 7) is 1.53. The highest BCUT2D eigenvalue weighted by atomic mass is 32.2. The second-order valence-corrected chi connectivity index (χ2v) is 6.75. The molecule has 0 unspecified atom stereocenters. The molecular weight excluding hydrogens is 428 g/mol. The molecule has 156 valence electrons. The Balaban J connectivity index is 2.56. The smallest absolute Gasteiger partial charge is 0.292 e. The molecule has 2 rings (SSSR count). The van der Waals surface area contributed by atoms with E-state index in [4.69, 9.17) is 0 Å². The lowest BCUT2D eigenvalue weighted by Crippen LogP contribution is -2.17. The van der Waals surface area contributed by atoms with Gasteiger partial charge < -0.3 is 0 Å². The number of nitro groups is 1. The first-order valence-corrected chi connectivity index (χ1v) is 8.78. The molecule has 2 aromatic heterocycles. The fourth-order valence-electron chi connectivity index (χ4n) is 2.46. The lowest BCUT2D eigenvalue weighted by molar-refractivity contribution is -0.389. The highest BCUT2D eigenvalue weighted by Gasteiger charge is 2.41. The van der Waals surface area contributed by atoms with Crippen molar-refractivity contribution < 1.29 is 36.1 Å². The number of carbonyl (C=O) groups excluding carboxylic acids is 1. The predicted octanol–water partition coefficient (Wildman–Crippen LogP) is 4.96. The number of aromatic nitrogens is 2. The molecule has 0 saturated heterocycles. The van der Waals surface area contributed by atoms with Crippen LogP contribution in [0.15, 0.2) is 29.4 Å². The van der Waals surface area contributed by atoms with Crippen LogP contribution < -0.4 is 0 Å². The summed E-state index contributed by atoms with van der Waals surface area (Å²) in [7, 11) is 0. The van der Waals surface area contributed by atoms with Crippen LogP contribution in [0, 0.1) is 10.1 Å². The SMILES string of the molecule is CCSc1c(C(F)(F)F)ccnc1C(=O)Cc1nccc(C(F)(F)F)c1[N+](=O)[O-]. The van der Waals surface area contributed by atoms with E-state index in [0.717, 1.165) is 6.20 Å². The summed E-state index contributed by atoms with van der Waals surface area (Å²) < 4.78 is 78.8. The van der Waals surface area contributed by atoms with E-state index in [0.29, 0.717) is 30.1 Å². The summed E-state index contributed by atoms with van der Waals surface area (Å²) in [5, 5.41) is 11.1. The van der Waals surface area contributed by atoms with Crippen molar-refractivity contribution in [3.8, 4) is 0 Å². The molecule has 2 heterocycles. The standard InChI is InChI=1S/C16H11F6N3O3S/c1-2-29-14-9(16(20,21)22)4-6-24-12(14)11(26)7-10-13(25(27)28)8(3-5-23-10)15(17,18)19/h3-6H,2,7H2,1H3. The average molecular weight is 439 g/mol. The molecule has 6 nitrogen and oxygen atoms in total. The van der Waals surface area contributed by atoms with Gasteiger partial charge in [-0.2, -0.15) is 26.3 Å². The quantitative estimate of drug-likeness (QED) is 0.208. The molecule has 29 heavy (non-hydrogen) atoms. The van der Waals surface area contributed by atoms with Crippen LogP contribution in [-0.4, -0.2) is 26.4 Å². The molecule has 0 saturated carbocycles. The molecule has 13 heteroatoms. The van der Waals surface area contributed by atoms with Gasteiger partial charge in [-0.1, -0.05) is 6.92 Å². The Morgan fingerprint density at radius 2 is 1.62 bits per heavy atom. The van der Waals surface area contributed by atoms with Gasteiger partial charge >= 0.3 is 18.0 Å². The number of pyridine rings is 2. The van der Waals surface area contributed by atoms with Gasteiger partial charge in [0, 0.05) is 17.3 Å². The number of halogens is 6. The Morgan fingerprint density at radius 3 is 2.14 bits per heavy atom. The zero-order chi connectivity index (χ0) is 22.0. The van der Waals surface area contributed by atoms with E-state index in [1.54, 1.807) is 0 Å². The van der Waals surface area contributed by atoms with Gasteiger partial charge in [-0.05, 0) is 17.9 Å². The number of nitrogens with zero attached hydrogens (tertiary/aromatic N) is 3. The third-order valence-electron chi connectivity index (χ3n) is 3.58. The second-order valence-electron chi connectivity index (χ2n) is 5.48. The summed E-state index contributed by atoms with van der Waals surface area (Å²) in [4.78, 5) is 28.9. The lowest BCUT2D eigenvalue weighted by atomic mass is 10.1. The topological polar surface area (TPSA) is 86.0 Å². The molecule has 0 aromatic carbocycles. The third-order valence-corrected chi connectivity index (χ3v) is 4.57. The van der Waals surface area contributed by atoms with Crippen LogP contribution in [0.1, 0.15) is 34.2 Å². The summed E-state index contributed by atoms with van der Waals surface area (Å²) in [6, 6.07) is 1.05. The van der Waals surface area contributed by atoms with Crippen molar-refractivity contribution in [2.24, 2.45) is 0 Å². The highest BCUT2D eigenvalue weighted by molar-refractivity contribution is 7.99. The molecular formula is C16H11F6N3O3S. The minimum atomic E-state index is -5.08. The number of Topliss-reactive ketones (excluding diaryl/α,β-unsaturated/α-hetero) is 1. The van der Waals surface area contributed by atoms with Gasteiger partial charge in [0.15, 0.2) is 5.78 Å². The predicted molar refractivity (Wildman–Crippen MR) is 89.6 cm³/mol. The van der Waals surface area contributed by atoms with Crippen molar-refractivity contribution in [2.45, 2.75) is 30.6 Å². The van der Waals surface area contributed by atoms with Crippen molar-refractivity contribution >= 4 is 23.2 Å². The molecule has 0 aliphatic carbocycles. The fourth-order valence-corrected chi connectivity index (χ4v) is 3.39. The van der Waals surface area contributed by atoms with E-state index in [1.165, 1.54) is 6.92 Å². The van der Waals surface area contributed by atoms with E-state index in [-0.39, 0.29) is 5.75 Å². The van der Waals surface area contributed by atoms with Gasteiger partial charge in [0.25, 0.3) is 0 Å². The molecule has 0 radical (unpaired) electrons. The van der Waals surface area contributed by atoms with Crippen molar-refractivity contribution in [1.82, 2.24) is 9.97 Å². The van der Waals surface area contributed by atoms with Gasteiger partial charge in [0.05, 0.1) is 16.9 Å². The number of alkyl halides is 6. The average Bonchev–Trinajstić information content (AvgIpc) is 2.60. The molecule has 0 bridgehead atoms. The van der Waals surface area contributed by atoms with Crippen LogP contribution in [0.4, 0.5) is 32.0 Å². The second kappa shape index (κ2) is 8.35. The maximum absolute atomic E-state index is 13.2. The van der Waals surface area contributed by atoms with Crippen molar-refractivity contribution in [2.75, 3.05) is 5.75 Å². The molecule has 0 amide bonds. The molecule has 2 aromatic rings. The van der Waals surface area contributed by atoms with Gasteiger partial charge in [-0.15, -0.1) is 11.8 Å². The zero-order valence-electron chi connectivity index (χ0n) is 14.5. The summed E-state index contributed by atoms with van der Waals surface area (Å²) in [6.07, 6.45) is -9.52. The van der Waals surface area contributed by atoms with Crippen molar-refractivity contribution in [3.63, 3.8) is 0 Å². The van der Waals surface area contributed by atoms with Gasteiger partial charge in [0.2, 0.25) is 0 Å². The van der Waals surface area contributed by atoms with Gasteiger partial charge in [0.1, 0.15) is 17.0 Å². The first kappa shape index (κ1) is 22.6. The maximum atomic E-state index is 13.2. The number of hydrogen-bond donors (Lipinski definition) is 0. The largest absolute Gasteiger partial charge is 0.423 e. The molecule has 0 aliphatic heterocycles. The molecule has 0 spiro atoms. The van der Waals surface area contributed by atoms with Gasteiger partial charge in [-0.25, -0.2) is 0 Å². The van der Waals surface area contributed by atoms with Crippen molar-refractivity contribution in [1.29, 1.82) is 0 Å². The van der Waals surface area contributed by atoms with Crippen molar-refractivity contribution in [3.05, 3.63) is 57.2 Å². The Labute approximate surface area is 163 Å². The molecule has 0 aliphatic rings. The zero-order valence-corrected chi connectivity index (χ0v) is 15.3. The van der Waals surface area contributed by atoms with Crippen LogP contribution >= 0.6 is 11.8 Å². The number of hydrogen-bond acceptors (Lipinski definition) is 6. The number of carbonyl (C=O) groups is 1. The number of thioether (sulfide) groups is 1. The molecule has 0 atom stereocenters. The summed E-state index contributed by atoms with van der Waals surface area (Å²) in [5.41, 5.74) is -5.62. The Morgan fingerprint density at radius 1 is 1.07 bits per heavy atom. The maximum Gasteiger partial charge on any atom is 0.423 e.